The highest BCUT2D eigenvalue weighted by molar-refractivity contribution is 7.85. The molecule has 0 spiro atoms. The quantitative estimate of drug-likeness (QED) is 0.598. The van der Waals surface area contributed by atoms with Crippen molar-refractivity contribution >= 4 is 21.5 Å². The van der Waals surface area contributed by atoms with Crippen LogP contribution in [0.5, 0.6) is 11.5 Å². The molecule has 18 heavy (non-hydrogen) atoms. The largest absolute Gasteiger partial charge is 0.748 e. The average Bonchev–Trinajstić information content (AvgIpc) is 2.70. The molecule has 7 nitrogen and oxygen atoms in total. The Balaban J connectivity index is 0.00000162. The first-order valence-corrected chi connectivity index (χ1v) is 7.56. The molecule has 1 aromatic rings. The zero-order valence-electron chi connectivity index (χ0n) is 9.92. The lowest BCUT2D eigenvalue weighted by atomic mass is 10.3. The van der Waals surface area contributed by atoms with Gasteiger partial charge in [-0.3, -0.25) is 0 Å². The van der Waals surface area contributed by atoms with Crippen LogP contribution in [0, 0.1) is 0 Å². The van der Waals surface area contributed by atoms with Crippen LogP contribution in [0.1, 0.15) is 0 Å². The van der Waals surface area contributed by atoms with Crippen LogP contribution in [0.3, 0.4) is 0 Å². The summed E-state index contributed by atoms with van der Waals surface area (Å²) in [7, 11) is -4.15. The van der Waals surface area contributed by atoms with Gasteiger partial charge in [0.15, 0.2) is 11.5 Å². The van der Waals surface area contributed by atoms with Gasteiger partial charge in [-0.05, 0) is 0 Å². The first-order valence-electron chi connectivity index (χ1n) is 5.04. The number of quaternary nitrogens is 1. The lowest BCUT2D eigenvalue weighted by molar-refractivity contribution is 0.0923. The van der Waals surface area contributed by atoms with Crippen LogP contribution < -0.4 is 20.9 Å². The molecule has 0 amide bonds. The van der Waals surface area contributed by atoms with Gasteiger partial charge in [0.05, 0.1) is 15.9 Å². The summed E-state index contributed by atoms with van der Waals surface area (Å²) in [5.74, 6) is 1.04. The molecule has 0 saturated heterocycles. The Hall–Kier alpha value is -0.870. The van der Waals surface area contributed by atoms with Crippen molar-refractivity contribution in [2.24, 2.45) is 0 Å². The van der Waals surface area contributed by atoms with Crippen LogP contribution in [-0.2, 0) is 10.1 Å². The minimum atomic E-state index is -4.15. The van der Waals surface area contributed by atoms with Crippen LogP contribution in [0.2, 0.25) is 0 Å². The summed E-state index contributed by atoms with van der Waals surface area (Å²) in [6, 6.07) is 0. The molecule has 2 heterocycles. The van der Waals surface area contributed by atoms with E-state index in [2.05, 4.69) is 5.32 Å². The third-order valence-electron chi connectivity index (χ3n) is 2.21. The molecule has 0 radical (unpaired) electrons. The molecule has 1 unspecified atom stereocenters. The molecule has 9 heteroatoms. The molecular weight excluding hydrogens is 280 g/mol. The molecule has 104 valence electrons. The van der Waals surface area contributed by atoms with Crippen molar-refractivity contribution in [3.05, 3.63) is 10.8 Å². The average molecular weight is 296 g/mol. The van der Waals surface area contributed by atoms with Gasteiger partial charge >= 0.3 is 0 Å². The topological polar surface area (TPSA) is 124 Å². The molecular formula is C9H16N2O5S2. The number of fused-ring (bicyclic) bond motifs is 1. The molecule has 0 saturated carbocycles. The van der Waals surface area contributed by atoms with E-state index < -0.39 is 15.9 Å². The van der Waals surface area contributed by atoms with Crippen molar-refractivity contribution in [3.8, 4) is 11.5 Å². The Morgan fingerprint density at radius 2 is 2.17 bits per heavy atom. The molecule has 0 bridgehead atoms. The summed E-state index contributed by atoms with van der Waals surface area (Å²) >= 11 is 1.50. The second-order valence-corrected chi connectivity index (χ2v) is 5.88. The van der Waals surface area contributed by atoms with E-state index in [9.17, 15) is 13.0 Å². The Kier molecular flexibility index (Phi) is 5.35. The first kappa shape index (κ1) is 15.2. The maximum atomic E-state index is 10.4. The molecule has 0 aromatic carbocycles. The minimum Gasteiger partial charge on any atom is -0.748 e. The molecule has 1 aromatic heterocycles. The number of nitrogens with one attached hydrogen (secondary N) is 1. The van der Waals surface area contributed by atoms with Crippen LogP contribution in [0.4, 0.5) is 0 Å². The van der Waals surface area contributed by atoms with E-state index in [0.717, 1.165) is 5.75 Å². The second kappa shape index (κ2) is 6.34. The Bertz CT molecular complexity index is 473. The molecule has 0 aliphatic carbocycles. The highest BCUT2D eigenvalue weighted by Crippen LogP contribution is 2.34. The van der Waals surface area contributed by atoms with Gasteiger partial charge in [0, 0.05) is 23.8 Å². The number of hydrogen-bond acceptors (Lipinski definition) is 7. The normalized spacial score (nSPS) is 18.2. The Labute approximate surface area is 109 Å². The van der Waals surface area contributed by atoms with E-state index in [1.807, 2.05) is 10.8 Å². The summed E-state index contributed by atoms with van der Waals surface area (Å²) < 4.78 is 42.1. The maximum absolute atomic E-state index is 10.4. The molecule has 1 aliphatic rings. The molecule has 1 atom stereocenters. The molecule has 0 fully saturated rings. The molecule has 1 aliphatic heterocycles. The smallest absolute Gasteiger partial charge is 0.172 e. The summed E-state index contributed by atoms with van der Waals surface area (Å²) in [4.78, 5) is 0. The van der Waals surface area contributed by atoms with Crippen LogP contribution in [-0.4, -0.2) is 44.5 Å². The highest BCUT2D eigenvalue weighted by atomic mass is 32.2. The van der Waals surface area contributed by atoms with Crippen molar-refractivity contribution in [2.75, 3.05) is 25.4 Å². The Morgan fingerprint density at radius 1 is 1.44 bits per heavy atom. The first-order chi connectivity index (χ1) is 8.04. The zero-order chi connectivity index (χ0) is 12.3. The second-order valence-electron chi connectivity index (χ2n) is 3.62. The number of ether oxygens (including phenoxy) is 2. The van der Waals surface area contributed by atoms with E-state index in [-0.39, 0.29) is 18.8 Å². The van der Waals surface area contributed by atoms with Gasteiger partial charge in [-0.25, -0.2) is 8.42 Å². The van der Waals surface area contributed by atoms with Crippen molar-refractivity contribution in [1.82, 2.24) is 11.5 Å². The van der Waals surface area contributed by atoms with E-state index in [0.29, 0.717) is 18.9 Å². The monoisotopic (exact) mass is 296 g/mol. The van der Waals surface area contributed by atoms with Gasteiger partial charge in [-0.1, -0.05) is 0 Å². The van der Waals surface area contributed by atoms with E-state index in [4.69, 9.17) is 9.47 Å². The summed E-state index contributed by atoms with van der Waals surface area (Å²) in [6.45, 7) is 0.994. The van der Waals surface area contributed by atoms with E-state index in [1.165, 1.54) is 11.3 Å². The van der Waals surface area contributed by atoms with E-state index >= 15 is 0 Å². The van der Waals surface area contributed by atoms with Gasteiger partial charge in [0.1, 0.15) is 12.7 Å². The van der Waals surface area contributed by atoms with Gasteiger partial charge in [-0.15, -0.1) is 11.3 Å². The standard InChI is InChI=1S/C9H13NO5S2.H3N/c11-17(12,13)2-1-10-3-7-4-14-8-5-16-6-9(8)15-7;/h5-7,10H,1-4H2,(H,11,12,13);1H3. The molecule has 2 rings (SSSR count). The lowest BCUT2D eigenvalue weighted by Crippen LogP contribution is -2.39. The Morgan fingerprint density at radius 3 is 2.89 bits per heavy atom. The van der Waals surface area contributed by atoms with Crippen molar-refractivity contribution in [2.45, 2.75) is 6.10 Å². The fourth-order valence-corrected chi connectivity index (χ4v) is 2.49. The van der Waals surface area contributed by atoms with Crippen LogP contribution in [0.25, 0.3) is 0 Å². The van der Waals surface area contributed by atoms with Gasteiger partial charge in [0.2, 0.25) is 0 Å². The predicted molar refractivity (Wildman–Crippen MR) is 67.6 cm³/mol. The van der Waals surface area contributed by atoms with Crippen molar-refractivity contribution < 1.29 is 22.4 Å². The maximum Gasteiger partial charge on any atom is 0.172 e. The fraction of sp³-hybridized carbons (Fsp3) is 0.556. The third kappa shape index (κ3) is 4.42. The minimum absolute atomic E-state index is 0. The summed E-state index contributed by atoms with van der Waals surface area (Å²) in [6.07, 6.45) is -0.161. The summed E-state index contributed by atoms with van der Waals surface area (Å²) in [5.41, 5.74) is 0. The SMILES string of the molecule is O=S(=O)([O-])CCNCC1COc2cscc2O1.[NH4+]. The van der Waals surface area contributed by atoms with Crippen molar-refractivity contribution in [3.63, 3.8) is 0 Å². The van der Waals surface area contributed by atoms with Crippen molar-refractivity contribution in [1.29, 1.82) is 0 Å². The van der Waals surface area contributed by atoms with Gasteiger partial charge in [-0.2, -0.15) is 0 Å². The zero-order valence-corrected chi connectivity index (χ0v) is 11.6. The lowest BCUT2D eigenvalue weighted by Gasteiger charge is -2.24. The highest BCUT2D eigenvalue weighted by Gasteiger charge is 2.21. The number of rotatable bonds is 5. The molecule has 5 N–H and O–H groups in total. The van der Waals surface area contributed by atoms with Gasteiger partial charge < -0.3 is 25.5 Å². The van der Waals surface area contributed by atoms with E-state index in [1.54, 1.807) is 0 Å². The van der Waals surface area contributed by atoms with Gasteiger partial charge in [0.25, 0.3) is 0 Å². The number of thiophene rings is 1. The van der Waals surface area contributed by atoms with Crippen LogP contribution in [0.15, 0.2) is 10.8 Å². The third-order valence-corrected chi connectivity index (χ3v) is 3.62. The predicted octanol–water partition coefficient (Wildman–Crippen LogP) is 0.399. The number of hydrogen-bond donors (Lipinski definition) is 2. The summed E-state index contributed by atoms with van der Waals surface area (Å²) in [5, 5.41) is 6.57. The van der Waals surface area contributed by atoms with Crippen LogP contribution >= 0.6 is 11.3 Å². The fourth-order valence-electron chi connectivity index (χ4n) is 1.42.